The minimum Gasteiger partial charge on any atom is -0.395 e. The van der Waals surface area contributed by atoms with Crippen molar-refractivity contribution in [2.45, 2.75) is 38.3 Å². The van der Waals surface area contributed by atoms with Crippen LogP contribution in [0.5, 0.6) is 0 Å². The van der Waals surface area contributed by atoms with Gasteiger partial charge in [0.2, 0.25) is 0 Å². The van der Waals surface area contributed by atoms with E-state index in [0.29, 0.717) is 12.1 Å². The summed E-state index contributed by atoms with van der Waals surface area (Å²) < 4.78 is 0. The highest BCUT2D eigenvalue weighted by Crippen LogP contribution is 2.17. The van der Waals surface area contributed by atoms with E-state index in [9.17, 15) is 0 Å². The van der Waals surface area contributed by atoms with Gasteiger partial charge in [0.15, 0.2) is 0 Å². The van der Waals surface area contributed by atoms with Crippen molar-refractivity contribution in [1.29, 1.82) is 0 Å². The Morgan fingerprint density at radius 3 is 3.00 bits per heavy atom. The lowest BCUT2D eigenvalue weighted by atomic mass is 10.1. The van der Waals surface area contributed by atoms with Gasteiger partial charge < -0.3 is 10.4 Å². The summed E-state index contributed by atoms with van der Waals surface area (Å²) in [6.07, 6.45) is 3.63. The zero-order valence-corrected chi connectivity index (χ0v) is 8.57. The molecule has 0 aromatic rings. The third-order valence-corrected chi connectivity index (χ3v) is 3.56. The van der Waals surface area contributed by atoms with Gasteiger partial charge in [-0.3, -0.25) is 0 Å². The lowest BCUT2D eigenvalue weighted by molar-refractivity contribution is 0.228. The van der Waals surface area contributed by atoms with Crippen molar-refractivity contribution in [1.82, 2.24) is 5.32 Å². The molecule has 0 unspecified atom stereocenters. The van der Waals surface area contributed by atoms with Crippen LogP contribution in [0.4, 0.5) is 0 Å². The molecule has 2 atom stereocenters. The van der Waals surface area contributed by atoms with E-state index in [0.717, 1.165) is 6.42 Å². The van der Waals surface area contributed by atoms with Gasteiger partial charge in [-0.25, -0.2) is 0 Å². The van der Waals surface area contributed by atoms with Crippen molar-refractivity contribution in [3.8, 4) is 0 Å². The zero-order valence-electron chi connectivity index (χ0n) is 7.75. The summed E-state index contributed by atoms with van der Waals surface area (Å²) in [6.45, 7) is 2.39. The Morgan fingerprint density at radius 2 is 2.50 bits per heavy atom. The molecule has 0 bridgehead atoms. The molecule has 1 aliphatic heterocycles. The largest absolute Gasteiger partial charge is 0.395 e. The van der Waals surface area contributed by atoms with Crippen LogP contribution in [0.15, 0.2) is 0 Å². The molecular weight excluding hydrogens is 170 g/mol. The Bertz CT molecular complexity index is 111. The van der Waals surface area contributed by atoms with Gasteiger partial charge in [0.25, 0.3) is 0 Å². The van der Waals surface area contributed by atoms with Gasteiger partial charge in [-0.2, -0.15) is 11.8 Å². The third-order valence-electron chi connectivity index (χ3n) is 2.34. The molecule has 0 saturated carbocycles. The van der Waals surface area contributed by atoms with Crippen molar-refractivity contribution in [3.05, 3.63) is 0 Å². The first-order valence-corrected chi connectivity index (χ1v) is 5.97. The highest BCUT2D eigenvalue weighted by Gasteiger charge is 2.16. The molecule has 1 rings (SSSR count). The van der Waals surface area contributed by atoms with Crippen LogP contribution in [0.25, 0.3) is 0 Å². The van der Waals surface area contributed by atoms with E-state index in [1.807, 2.05) is 11.8 Å². The number of thioether (sulfide) groups is 1. The lowest BCUT2D eigenvalue weighted by Crippen LogP contribution is -2.42. The molecule has 1 saturated heterocycles. The van der Waals surface area contributed by atoms with Crippen LogP contribution in [0.1, 0.15) is 26.2 Å². The summed E-state index contributed by atoms with van der Waals surface area (Å²) in [5, 5.41) is 12.5. The first-order chi connectivity index (χ1) is 5.86. The van der Waals surface area contributed by atoms with E-state index in [4.69, 9.17) is 5.11 Å². The SMILES string of the molecule is CC[C@H](CO)N[C@@H]1CCCSC1. The van der Waals surface area contributed by atoms with Crippen molar-refractivity contribution in [2.75, 3.05) is 18.1 Å². The van der Waals surface area contributed by atoms with E-state index >= 15 is 0 Å². The molecular formula is C9H19NOS. The predicted octanol–water partition coefficient (Wildman–Crippen LogP) is 1.24. The molecule has 2 nitrogen and oxygen atoms in total. The minimum absolute atomic E-state index is 0.275. The molecule has 12 heavy (non-hydrogen) atoms. The van der Waals surface area contributed by atoms with Gasteiger partial charge in [0.05, 0.1) is 6.61 Å². The summed E-state index contributed by atoms with van der Waals surface area (Å²) in [5.41, 5.74) is 0. The maximum Gasteiger partial charge on any atom is 0.0584 e. The van der Waals surface area contributed by atoms with Crippen LogP contribution in [0, 0.1) is 0 Å². The average molecular weight is 189 g/mol. The van der Waals surface area contributed by atoms with Crippen LogP contribution < -0.4 is 5.32 Å². The number of rotatable bonds is 4. The molecule has 1 aliphatic rings. The van der Waals surface area contributed by atoms with Gasteiger partial charge in [0.1, 0.15) is 0 Å². The summed E-state index contributed by atoms with van der Waals surface area (Å²) in [6, 6.07) is 0.953. The van der Waals surface area contributed by atoms with Crippen molar-refractivity contribution in [3.63, 3.8) is 0 Å². The summed E-state index contributed by atoms with van der Waals surface area (Å²) in [4.78, 5) is 0. The second-order valence-corrected chi connectivity index (χ2v) is 4.52. The highest BCUT2D eigenvalue weighted by atomic mass is 32.2. The molecule has 0 radical (unpaired) electrons. The standard InChI is InChI=1S/C9H19NOS/c1-2-8(6-11)10-9-4-3-5-12-7-9/h8-11H,2-7H2,1H3/t8-,9-/m1/s1. The first-order valence-electron chi connectivity index (χ1n) is 4.81. The van der Waals surface area contributed by atoms with E-state index in [1.165, 1.54) is 24.3 Å². The topological polar surface area (TPSA) is 32.3 Å². The Hall–Kier alpha value is 0.270. The second kappa shape index (κ2) is 5.84. The Kier molecular flexibility index (Phi) is 5.04. The van der Waals surface area contributed by atoms with Crippen LogP contribution in [-0.2, 0) is 0 Å². The summed E-state index contributed by atoms with van der Waals surface area (Å²) in [5.74, 6) is 2.53. The van der Waals surface area contributed by atoms with Crippen molar-refractivity contribution < 1.29 is 5.11 Å². The van der Waals surface area contributed by atoms with E-state index in [2.05, 4.69) is 12.2 Å². The van der Waals surface area contributed by atoms with Gasteiger partial charge in [-0.15, -0.1) is 0 Å². The van der Waals surface area contributed by atoms with Crippen LogP contribution >= 0.6 is 11.8 Å². The van der Waals surface area contributed by atoms with Crippen molar-refractivity contribution >= 4 is 11.8 Å². The number of aliphatic hydroxyl groups excluding tert-OH is 1. The lowest BCUT2D eigenvalue weighted by Gasteiger charge is -2.26. The molecule has 0 spiro atoms. The van der Waals surface area contributed by atoms with Crippen LogP contribution in [0.2, 0.25) is 0 Å². The van der Waals surface area contributed by atoms with E-state index in [-0.39, 0.29) is 6.61 Å². The maximum absolute atomic E-state index is 8.99. The molecule has 0 aromatic carbocycles. The fourth-order valence-corrected chi connectivity index (χ4v) is 2.59. The average Bonchev–Trinajstić information content (AvgIpc) is 2.16. The second-order valence-electron chi connectivity index (χ2n) is 3.37. The first kappa shape index (κ1) is 10.4. The van der Waals surface area contributed by atoms with Gasteiger partial charge in [0, 0.05) is 17.8 Å². The summed E-state index contributed by atoms with van der Waals surface area (Å²) in [7, 11) is 0. The Balaban J connectivity index is 2.18. The predicted molar refractivity (Wildman–Crippen MR) is 54.6 cm³/mol. The monoisotopic (exact) mass is 189 g/mol. The molecule has 0 aromatic heterocycles. The number of nitrogens with one attached hydrogen (secondary N) is 1. The normalized spacial score (nSPS) is 27.0. The fourth-order valence-electron chi connectivity index (χ4n) is 1.51. The van der Waals surface area contributed by atoms with Gasteiger partial charge >= 0.3 is 0 Å². The van der Waals surface area contributed by atoms with Crippen LogP contribution in [-0.4, -0.2) is 35.3 Å². The fraction of sp³-hybridized carbons (Fsp3) is 1.00. The molecule has 0 aliphatic carbocycles. The summed E-state index contributed by atoms with van der Waals surface area (Å²) >= 11 is 2.02. The number of hydrogen-bond acceptors (Lipinski definition) is 3. The van der Waals surface area contributed by atoms with Crippen LogP contribution in [0.3, 0.4) is 0 Å². The molecule has 1 heterocycles. The smallest absolute Gasteiger partial charge is 0.0584 e. The zero-order chi connectivity index (χ0) is 8.81. The minimum atomic E-state index is 0.275. The van der Waals surface area contributed by atoms with E-state index in [1.54, 1.807) is 0 Å². The molecule has 0 amide bonds. The molecule has 72 valence electrons. The van der Waals surface area contributed by atoms with Crippen molar-refractivity contribution in [2.24, 2.45) is 0 Å². The Morgan fingerprint density at radius 1 is 1.67 bits per heavy atom. The van der Waals surface area contributed by atoms with Gasteiger partial charge in [-0.1, -0.05) is 6.92 Å². The van der Waals surface area contributed by atoms with E-state index < -0.39 is 0 Å². The third kappa shape index (κ3) is 3.33. The number of aliphatic hydroxyl groups is 1. The maximum atomic E-state index is 8.99. The molecule has 1 fully saturated rings. The quantitative estimate of drug-likeness (QED) is 0.698. The molecule has 2 N–H and O–H groups in total. The number of hydrogen-bond donors (Lipinski definition) is 2. The molecule has 3 heteroatoms. The highest BCUT2D eigenvalue weighted by molar-refractivity contribution is 7.99. The van der Waals surface area contributed by atoms with Gasteiger partial charge in [-0.05, 0) is 25.0 Å². The Labute approximate surface area is 79.1 Å².